The van der Waals surface area contributed by atoms with E-state index in [-0.39, 0.29) is 49.4 Å². The van der Waals surface area contributed by atoms with E-state index in [2.05, 4.69) is 32.6 Å². The van der Waals surface area contributed by atoms with Crippen LogP contribution in [0.1, 0.15) is 87.5 Å². The molecule has 9 unspecified atom stereocenters. The Morgan fingerprint density at radius 1 is 1.21 bits per heavy atom. The zero-order valence-corrected chi connectivity index (χ0v) is 30.6. The number of nitrogens with zero attached hydrogens (tertiary/aromatic N) is 2. The van der Waals surface area contributed by atoms with E-state index in [4.69, 9.17) is 18.9 Å². The summed E-state index contributed by atoms with van der Waals surface area (Å²) >= 11 is 0. The van der Waals surface area contributed by atoms with E-state index < -0.39 is 41.6 Å². The molecule has 2 fully saturated rings. The van der Waals surface area contributed by atoms with E-state index in [0.717, 1.165) is 25.1 Å². The Kier molecular flexibility index (Phi) is 14.7. The van der Waals surface area contributed by atoms with Crippen LogP contribution in [0.3, 0.4) is 0 Å². The van der Waals surface area contributed by atoms with Gasteiger partial charge in [0.1, 0.15) is 11.7 Å². The molecular formula is C37H62N2O9. The minimum atomic E-state index is -1.48. The molecule has 2 saturated heterocycles. The monoisotopic (exact) mass is 678 g/mol. The number of rotatable bonds is 11. The molecule has 48 heavy (non-hydrogen) atoms. The molecule has 274 valence electrons. The number of cyclic esters (lactones) is 1. The van der Waals surface area contributed by atoms with Gasteiger partial charge in [-0.25, -0.2) is 4.79 Å². The second-order valence-electron chi connectivity index (χ2n) is 14.8. The number of hydrogen-bond acceptors (Lipinski definition) is 10. The normalized spacial score (nSPS) is 34.5. The fourth-order valence-electron chi connectivity index (χ4n) is 6.78. The van der Waals surface area contributed by atoms with Gasteiger partial charge < -0.3 is 39.2 Å². The van der Waals surface area contributed by atoms with Crippen LogP contribution in [0.5, 0.6) is 0 Å². The lowest BCUT2D eigenvalue weighted by atomic mass is 9.88. The highest BCUT2D eigenvalue weighted by atomic mass is 16.6. The van der Waals surface area contributed by atoms with E-state index in [9.17, 15) is 24.9 Å². The maximum Gasteiger partial charge on any atom is 0.410 e. The summed E-state index contributed by atoms with van der Waals surface area (Å²) < 4.78 is 23.2. The molecule has 0 radical (unpaired) electrons. The summed E-state index contributed by atoms with van der Waals surface area (Å²) in [6, 6.07) is 0.392. The van der Waals surface area contributed by atoms with Crippen LogP contribution in [0.2, 0.25) is 0 Å². The molecule has 0 aromatic heterocycles. The maximum absolute atomic E-state index is 13.2. The molecule has 0 saturated carbocycles. The molecule has 0 aliphatic carbocycles. The summed E-state index contributed by atoms with van der Waals surface area (Å²) in [4.78, 5) is 30.0. The Morgan fingerprint density at radius 3 is 2.48 bits per heavy atom. The van der Waals surface area contributed by atoms with E-state index in [1.807, 2.05) is 13.8 Å². The van der Waals surface area contributed by atoms with Crippen molar-refractivity contribution in [1.29, 1.82) is 0 Å². The first-order chi connectivity index (χ1) is 22.5. The van der Waals surface area contributed by atoms with Gasteiger partial charge >= 0.3 is 12.1 Å². The molecule has 1 amide bonds. The predicted octanol–water partition coefficient (Wildman–Crippen LogP) is 4.39. The van der Waals surface area contributed by atoms with Crippen LogP contribution in [-0.4, -0.2) is 124 Å². The first kappa shape index (κ1) is 40.2. The van der Waals surface area contributed by atoms with Crippen LogP contribution in [0.25, 0.3) is 0 Å². The number of carbonyl (C=O) groups is 2. The number of ether oxygens (including phenoxy) is 4. The smallest absolute Gasteiger partial charge is 0.410 e. The van der Waals surface area contributed by atoms with Crippen LogP contribution in [0, 0.1) is 11.8 Å². The van der Waals surface area contributed by atoms with Gasteiger partial charge in [-0.05, 0) is 65.5 Å². The maximum atomic E-state index is 13.2. The first-order valence-electron chi connectivity index (χ1n) is 17.7. The minimum absolute atomic E-state index is 0.0460. The highest BCUT2D eigenvalue weighted by Crippen LogP contribution is 2.38. The highest BCUT2D eigenvalue weighted by Gasteiger charge is 2.47. The van der Waals surface area contributed by atoms with Crippen molar-refractivity contribution in [3.63, 3.8) is 0 Å². The lowest BCUT2D eigenvalue weighted by Crippen LogP contribution is -2.52. The molecule has 11 heteroatoms. The molecule has 3 N–H and O–H groups in total. The summed E-state index contributed by atoms with van der Waals surface area (Å²) in [5.41, 5.74) is -1.87. The van der Waals surface area contributed by atoms with Gasteiger partial charge in [-0.2, -0.15) is 0 Å². The van der Waals surface area contributed by atoms with Crippen LogP contribution >= 0.6 is 0 Å². The average molecular weight is 679 g/mol. The molecule has 0 spiro atoms. The molecule has 3 aliphatic heterocycles. The number of aliphatic hydroxyl groups is 3. The molecule has 0 aromatic rings. The van der Waals surface area contributed by atoms with Crippen molar-refractivity contribution in [1.82, 2.24) is 9.80 Å². The number of methoxy groups -OCH3 is 1. The van der Waals surface area contributed by atoms with Crippen molar-refractivity contribution >= 4 is 12.1 Å². The molecular weight excluding hydrogens is 616 g/mol. The van der Waals surface area contributed by atoms with Crippen LogP contribution in [0.15, 0.2) is 36.0 Å². The first-order valence-corrected chi connectivity index (χ1v) is 17.7. The van der Waals surface area contributed by atoms with Gasteiger partial charge in [-0.15, -0.1) is 0 Å². The average Bonchev–Trinajstić information content (AvgIpc) is 3.78. The van der Waals surface area contributed by atoms with Crippen molar-refractivity contribution in [3.05, 3.63) is 36.0 Å². The topological polar surface area (TPSA) is 142 Å². The Bertz CT molecular complexity index is 1140. The zero-order valence-electron chi connectivity index (χ0n) is 30.6. The third kappa shape index (κ3) is 11.7. The number of aliphatic hydroxyl groups excluding tert-OH is 1. The predicted molar refractivity (Wildman–Crippen MR) is 184 cm³/mol. The van der Waals surface area contributed by atoms with E-state index >= 15 is 0 Å². The fraction of sp³-hybridized carbons (Fsp3) is 0.784. The van der Waals surface area contributed by atoms with Crippen LogP contribution in [0.4, 0.5) is 4.79 Å². The SMILES string of the molecule is CCC(OC)[C@H](C)C1OC1CC(C)(O)/C=C/C=C(\C)C1OC(=O)CC(O)CCC(C)(O)C(OC(=O)N2CCN(C(C)C)CC2)/C=C/C1C. The van der Waals surface area contributed by atoms with Gasteiger partial charge in [0, 0.05) is 57.6 Å². The second-order valence-corrected chi connectivity index (χ2v) is 14.8. The van der Waals surface area contributed by atoms with E-state index in [1.165, 1.54) is 0 Å². The van der Waals surface area contributed by atoms with Crippen molar-refractivity contribution in [2.45, 2.75) is 141 Å². The largest absolute Gasteiger partial charge is 0.457 e. The zero-order chi connectivity index (χ0) is 35.8. The number of amides is 1. The van der Waals surface area contributed by atoms with Gasteiger partial charge in [0.2, 0.25) is 0 Å². The Balaban J connectivity index is 1.73. The van der Waals surface area contributed by atoms with Crippen LogP contribution < -0.4 is 0 Å². The van der Waals surface area contributed by atoms with E-state index in [1.54, 1.807) is 56.2 Å². The number of hydrogen-bond donors (Lipinski definition) is 3. The van der Waals surface area contributed by atoms with Crippen LogP contribution in [-0.2, 0) is 23.7 Å². The molecule has 0 aromatic carbocycles. The molecule has 11 nitrogen and oxygen atoms in total. The molecule has 0 bridgehead atoms. The number of esters is 1. The Labute approximate surface area is 287 Å². The summed E-state index contributed by atoms with van der Waals surface area (Å²) in [6.45, 7) is 18.1. The number of allylic oxidation sites excluding steroid dienone is 2. The highest BCUT2D eigenvalue weighted by molar-refractivity contribution is 5.70. The third-order valence-electron chi connectivity index (χ3n) is 10.2. The minimum Gasteiger partial charge on any atom is -0.457 e. The van der Waals surface area contributed by atoms with Gasteiger partial charge in [0.15, 0.2) is 6.10 Å². The Hall–Kier alpha value is -2.28. The molecule has 3 rings (SSSR count). The Morgan fingerprint density at radius 2 is 1.88 bits per heavy atom. The van der Waals surface area contributed by atoms with Gasteiger partial charge in [0.05, 0.1) is 36.4 Å². The van der Waals surface area contributed by atoms with Crippen molar-refractivity contribution in [3.8, 4) is 0 Å². The summed E-state index contributed by atoms with van der Waals surface area (Å²) in [7, 11) is 1.71. The molecule has 3 heterocycles. The van der Waals surface area contributed by atoms with Gasteiger partial charge in [-0.3, -0.25) is 9.69 Å². The lowest BCUT2D eigenvalue weighted by molar-refractivity contribution is -0.151. The summed E-state index contributed by atoms with van der Waals surface area (Å²) in [5.74, 6) is -0.688. The second kappa shape index (κ2) is 17.6. The quantitative estimate of drug-likeness (QED) is 0.125. The number of carbonyl (C=O) groups excluding carboxylic acids is 2. The standard InChI is InChI=1S/C37H62N2O9/c1-10-29(45-9)27(6)34-30(46-34)23-36(7,43)16-11-12-25(4)33-26(5)13-14-31(37(8,44)17-15-28(40)22-32(41)48-33)47-35(42)39-20-18-38(19-21-39)24(2)3/h11-14,16,24,26-31,33-34,40,43-44H,10,15,17-23H2,1-9H3/b14-13+,16-11+,25-12+/t26?,27-,28?,29?,30?,31?,33?,34?,36?,37?/m0/s1. The van der Waals surface area contributed by atoms with Crippen molar-refractivity contribution in [2.24, 2.45) is 11.8 Å². The summed E-state index contributed by atoms with van der Waals surface area (Å²) in [6.07, 6.45) is 6.96. The molecule has 3 aliphatic rings. The van der Waals surface area contributed by atoms with E-state index in [0.29, 0.717) is 25.6 Å². The van der Waals surface area contributed by atoms with Gasteiger partial charge in [0.25, 0.3) is 0 Å². The fourth-order valence-corrected chi connectivity index (χ4v) is 6.78. The summed E-state index contributed by atoms with van der Waals surface area (Å²) in [5, 5.41) is 33.2. The number of piperazine rings is 1. The lowest BCUT2D eigenvalue weighted by Gasteiger charge is -2.38. The molecule has 10 atom stereocenters. The third-order valence-corrected chi connectivity index (χ3v) is 10.2. The van der Waals surface area contributed by atoms with Crippen molar-refractivity contribution < 1.29 is 43.9 Å². The van der Waals surface area contributed by atoms with Gasteiger partial charge in [-0.1, -0.05) is 45.1 Å². The van der Waals surface area contributed by atoms with Crippen molar-refractivity contribution in [2.75, 3.05) is 33.3 Å². The number of epoxide rings is 1.